The van der Waals surface area contributed by atoms with E-state index >= 15 is 0 Å². The molecule has 0 saturated carbocycles. The highest BCUT2D eigenvalue weighted by molar-refractivity contribution is 5.91. The summed E-state index contributed by atoms with van der Waals surface area (Å²) in [6.07, 6.45) is 0. The van der Waals surface area contributed by atoms with Gasteiger partial charge in [-0.2, -0.15) is 0 Å². The predicted octanol–water partition coefficient (Wildman–Crippen LogP) is -3.16. The number of likely N-dealkylation sites (N-methyl/N-ethyl adjacent to an activating group) is 6. The van der Waals surface area contributed by atoms with Gasteiger partial charge in [0.15, 0.2) is 0 Å². The van der Waals surface area contributed by atoms with Crippen LogP contribution in [-0.4, -0.2) is 157 Å². The standard InChI is InChI=1S/C20H34N6O8/c1-14(27)21(2)8-15(28)22(3)9-16(29)23(4)10-17(30)24(5)11-18(31)25(6)12-19(32)26(7)13-20(33)34/h8-13H2,1-7H3,(H,33,34). The number of hydrogen-bond donors (Lipinski definition) is 1. The Bertz CT molecular complexity index is 817. The lowest BCUT2D eigenvalue weighted by molar-refractivity contribution is -0.146. The van der Waals surface area contributed by atoms with Gasteiger partial charge in [0, 0.05) is 49.2 Å². The van der Waals surface area contributed by atoms with Crippen LogP contribution in [0.15, 0.2) is 0 Å². The predicted molar refractivity (Wildman–Crippen MR) is 119 cm³/mol. The van der Waals surface area contributed by atoms with E-state index in [4.69, 9.17) is 5.11 Å². The second-order valence-electron chi connectivity index (χ2n) is 8.02. The van der Waals surface area contributed by atoms with Crippen LogP contribution in [0, 0.1) is 0 Å². The third kappa shape index (κ3) is 10.7. The summed E-state index contributed by atoms with van der Waals surface area (Å²) in [5.74, 6) is -4.12. The van der Waals surface area contributed by atoms with Crippen molar-refractivity contribution in [2.75, 3.05) is 81.6 Å². The first-order valence-electron chi connectivity index (χ1n) is 10.2. The Kier molecular flexibility index (Phi) is 12.2. The molecule has 0 heterocycles. The van der Waals surface area contributed by atoms with E-state index in [2.05, 4.69) is 0 Å². The fourth-order valence-corrected chi connectivity index (χ4v) is 2.37. The van der Waals surface area contributed by atoms with Crippen LogP contribution in [0.2, 0.25) is 0 Å². The van der Waals surface area contributed by atoms with Crippen LogP contribution in [0.25, 0.3) is 0 Å². The van der Waals surface area contributed by atoms with E-state index < -0.39 is 42.0 Å². The second-order valence-corrected chi connectivity index (χ2v) is 8.02. The minimum atomic E-state index is -1.19. The molecule has 0 atom stereocenters. The van der Waals surface area contributed by atoms with Gasteiger partial charge in [0.2, 0.25) is 35.4 Å². The first-order chi connectivity index (χ1) is 15.6. The molecule has 0 spiro atoms. The molecule has 0 fully saturated rings. The maximum Gasteiger partial charge on any atom is 0.323 e. The van der Waals surface area contributed by atoms with Gasteiger partial charge in [-0.15, -0.1) is 0 Å². The summed E-state index contributed by atoms with van der Waals surface area (Å²) < 4.78 is 0. The first kappa shape index (κ1) is 30.3. The van der Waals surface area contributed by atoms with E-state index in [1.54, 1.807) is 0 Å². The van der Waals surface area contributed by atoms with Gasteiger partial charge in [0.25, 0.3) is 0 Å². The number of aliphatic carboxylic acids is 1. The number of hydrogen-bond acceptors (Lipinski definition) is 7. The largest absolute Gasteiger partial charge is 0.480 e. The summed E-state index contributed by atoms with van der Waals surface area (Å²) in [4.78, 5) is 89.6. The molecular formula is C20H34N6O8. The average molecular weight is 487 g/mol. The number of carbonyl (C=O) groups excluding carboxylic acids is 6. The molecule has 0 bridgehead atoms. The molecule has 0 aromatic rings. The molecule has 6 amide bonds. The highest BCUT2D eigenvalue weighted by Crippen LogP contribution is 1.98. The summed E-state index contributed by atoms with van der Waals surface area (Å²) in [7, 11) is 8.24. The highest BCUT2D eigenvalue weighted by atomic mass is 16.4. The van der Waals surface area contributed by atoms with E-state index in [9.17, 15) is 33.6 Å². The molecule has 0 saturated heterocycles. The van der Waals surface area contributed by atoms with Crippen LogP contribution in [0.4, 0.5) is 0 Å². The second kappa shape index (κ2) is 13.7. The van der Waals surface area contributed by atoms with Crippen molar-refractivity contribution in [2.24, 2.45) is 0 Å². The number of carboxylic acids is 1. The first-order valence-corrected chi connectivity index (χ1v) is 10.2. The number of carboxylic acid groups (broad SMARTS) is 1. The lowest BCUT2D eigenvalue weighted by atomic mass is 10.3. The van der Waals surface area contributed by atoms with Gasteiger partial charge in [-0.1, -0.05) is 0 Å². The molecule has 34 heavy (non-hydrogen) atoms. The topological polar surface area (TPSA) is 159 Å². The molecule has 0 aliphatic carbocycles. The summed E-state index contributed by atoms with van der Waals surface area (Å²) in [5.41, 5.74) is 0. The summed E-state index contributed by atoms with van der Waals surface area (Å²) in [5, 5.41) is 8.72. The molecule has 14 heteroatoms. The zero-order chi connectivity index (χ0) is 26.7. The van der Waals surface area contributed by atoms with Crippen molar-refractivity contribution in [3.8, 4) is 0 Å². The summed E-state index contributed by atoms with van der Waals surface area (Å²) in [6, 6.07) is 0. The lowest BCUT2D eigenvalue weighted by Crippen LogP contribution is -2.48. The fourth-order valence-electron chi connectivity index (χ4n) is 2.37. The van der Waals surface area contributed by atoms with Gasteiger partial charge in [0.05, 0.1) is 32.7 Å². The number of amides is 6. The monoisotopic (exact) mass is 486 g/mol. The normalized spacial score (nSPS) is 10.1. The van der Waals surface area contributed by atoms with Crippen LogP contribution >= 0.6 is 0 Å². The number of rotatable bonds is 12. The number of carbonyl (C=O) groups is 7. The Labute approximate surface area is 198 Å². The molecule has 0 rings (SSSR count). The van der Waals surface area contributed by atoms with Crippen molar-refractivity contribution in [1.29, 1.82) is 0 Å². The van der Waals surface area contributed by atoms with Gasteiger partial charge in [0.1, 0.15) is 6.54 Å². The van der Waals surface area contributed by atoms with Crippen molar-refractivity contribution >= 4 is 41.4 Å². The van der Waals surface area contributed by atoms with Gasteiger partial charge in [-0.05, 0) is 0 Å². The molecule has 0 aromatic heterocycles. The van der Waals surface area contributed by atoms with Crippen molar-refractivity contribution in [1.82, 2.24) is 29.4 Å². The van der Waals surface area contributed by atoms with Crippen LogP contribution < -0.4 is 0 Å². The minimum absolute atomic E-state index is 0.186. The average Bonchev–Trinajstić information content (AvgIpc) is 2.72. The third-order valence-corrected chi connectivity index (χ3v) is 4.90. The minimum Gasteiger partial charge on any atom is -0.480 e. The molecule has 1 N–H and O–H groups in total. The number of nitrogens with zero attached hydrogens (tertiary/aromatic N) is 6. The van der Waals surface area contributed by atoms with Crippen LogP contribution in [0.1, 0.15) is 6.92 Å². The van der Waals surface area contributed by atoms with Crippen LogP contribution in [0.3, 0.4) is 0 Å². The molecule has 0 aliphatic heterocycles. The van der Waals surface area contributed by atoms with E-state index in [1.807, 2.05) is 0 Å². The smallest absolute Gasteiger partial charge is 0.323 e. The van der Waals surface area contributed by atoms with E-state index in [0.717, 1.165) is 24.5 Å². The Morgan fingerprint density at radius 2 is 0.647 bits per heavy atom. The van der Waals surface area contributed by atoms with Gasteiger partial charge >= 0.3 is 5.97 Å². The Morgan fingerprint density at radius 3 is 0.853 bits per heavy atom. The van der Waals surface area contributed by atoms with Crippen molar-refractivity contribution in [3.63, 3.8) is 0 Å². The quantitative estimate of drug-likeness (QED) is 0.303. The molecule has 192 valence electrons. The van der Waals surface area contributed by atoms with E-state index in [-0.39, 0.29) is 38.6 Å². The lowest BCUT2D eigenvalue weighted by Gasteiger charge is -2.26. The summed E-state index contributed by atoms with van der Waals surface area (Å²) >= 11 is 0. The maximum absolute atomic E-state index is 12.4. The SMILES string of the molecule is CC(=O)N(C)CC(=O)N(C)CC(=O)N(C)CC(=O)N(C)CC(=O)N(C)CC(=O)N(C)CC(=O)O. The Balaban J connectivity index is 4.68. The fraction of sp³-hybridized carbons (Fsp3) is 0.650. The molecule has 14 nitrogen and oxygen atoms in total. The maximum atomic E-state index is 12.4. The molecule has 0 aromatic carbocycles. The van der Waals surface area contributed by atoms with Gasteiger partial charge < -0.3 is 34.5 Å². The van der Waals surface area contributed by atoms with Crippen molar-refractivity contribution in [3.05, 3.63) is 0 Å². The molecule has 0 radical (unpaired) electrons. The molecule has 0 unspecified atom stereocenters. The van der Waals surface area contributed by atoms with Crippen LogP contribution in [0.5, 0.6) is 0 Å². The Morgan fingerprint density at radius 1 is 0.441 bits per heavy atom. The van der Waals surface area contributed by atoms with Gasteiger partial charge in [-0.25, -0.2) is 0 Å². The van der Waals surface area contributed by atoms with Crippen molar-refractivity contribution in [2.45, 2.75) is 6.92 Å². The zero-order valence-electron chi connectivity index (χ0n) is 20.7. The summed E-state index contributed by atoms with van der Waals surface area (Å²) in [6.45, 7) is -0.742. The van der Waals surface area contributed by atoms with E-state index in [1.165, 1.54) is 54.1 Å². The van der Waals surface area contributed by atoms with E-state index in [0.29, 0.717) is 0 Å². The van der Waals surface area contributed by atoms with Gasteiger partial charge in [-0.3, -0.25) is 33.6 Å². The van der Waals surface area contributed by atoms with Crippen molar-refractivity contribution < 1.29 is 38.7 Å². The zero-order valence-corrected chi connectivity index (χ0v) is 20.7. The highest BCUT2D eigenvalue weighted by Gasteiger charge is 2.23. The molecule has 0 aliphatic rings. The Hall–Kier alpha value is -3.71. The molecular weight excluding hydrogens is 452 g/mol. The van der Waals surface area contributed by atoms with Crippen LogP contribution in [-0.2, 0) is 33.6 Å². The third-order valence-electron chi connectivity index (χ3n) is 4.90.